The molecule has 0 radical (unpaired) electrons. The molecule has 1 rings (SSSR count). The second-order valence-corrected chi connectivity index (χ2v) is 4.82. The number of Topliss-reactive ketones (excluding diaryl/α,β-unsaturated/α-hetero) is 1. The van der Waals surface area contributed by atoms with Gasteiger partial charge in [-0.05, 0) is 31.5 Å². The van der Waals surface area contributed by atoms with Gasteiger partial charge in [-0.3, -0.25) is 4.79 Å². The van der Waals surface area contributed by atoms with Gasteiger partial charge in [-0.1, -0.05) is 31.9 Å². The molecule has 0 N–H and O–H groups in total. The molecule has 0 saturated carbocycles. The number of benzene rings is 1. The van der Waals surface area contributed by atoms with Crippen molar-refractivity contribution in [1.82, 2.24) is 0 Å². The largest absolute Gasteiger partial charge is 0.460 e. The summed E-state index contributed by atoms with van der Waals surface area (Å²) in [5.41, 5.74) is 1.28. The number of ether oxygens (including phenoxy) is 1. The molecule has 0 spiro atoms. The molecule has 0 aromatic heterocycles. The molecule has 0 heterocycles. The van der Waals surface area contributed by atoms with Crippen LogP contribution in [0.3, 0.4) is 0 Å². The third-order valence-electron chi connectivity index (χ3n) is 2.00. The Labute approximate surface area is 110 Å². The molecule has 3 nitrogen and oxygen atoms in total. The highest BCUT2D eigenvalue weighted by Crippen LogP contribution is 2.26. The SMILES string of the molecule is CCOC(=O)C(=O)c1cc(Br)c(C)c(Br)c1. The number of hydrogen-bond donors (Lipinski definition) is 0. The van der Waals surface area contributed by atoms with Gasteiger partial charge in [0.25, 0.3) is 5.78 Å². The molecule has 0 bridgehead atoms. The van der Waals surface area contributed by atoms with E-state index in [1.807, 2.05) is 6.92 Å². The highest BCUT2D eigenvalue weighted by Gasteiger charge is 2.19. The van der Waals surface area contributed by atoms with Crippen LogP contribution in [0.25, 0.3) is 0 Å². The molecule has 86 valence electrons. The third-order valence-corrected chi connectivity index (χ3v) is 3.65. The van der Waals surface area contributed by atoms with E-state index in [2.05, 4.69) is 36.6 Å². The van der Waals surface area contributed by atoms with E-state index in [0.29, 0.717) is 5.56 Å². The summed E-state index contributed by atoms with van der Waals surface area (Å²) < 4.78 is 6.19. The van der Waals surface area contributed by atoms with Crippen LogP contribution in [0.5, 0.6) is 0 Å². The number of carbonyl (C=O) groups is 2. The molecule has 0 aliphatic carbocycles. The summed E-state index contributed by atoms with van der Waals surface area (Å²) in [5.74, 6) is -1.46. The Hall–Kier alpha value is -0.680. The zero-order valence-corrected chi connectivity index (χ0v) is 12.0. The summed E-state index contributed by atoms with van der Waals surface area (Å²) in [4.78, 5) is 22.9. The van der Waals surface area contributed by atoms with Crippen LogP contribution >= 0.6 is 31.9 Å². The lowest BCUT2D eigenvalue weighted by atomic mass is 10.1. The van der Waals surface area contributed by atoms with Crippen LogP contribution in [0.2, 0.25) is 0 Å². The average molecular weight is 350 g/mol. The summed E-state index contributed by atoms with van der Waals surface area (Å²) in [7, 11) is 0. The van der Waals surface area contributed by atoms with Crippen LogP contribution in [0.4, 0.5) is 0 Å². The minimum absolute atomic E-state index is 0.193. The van der Waals surface area contributed by atoms with Crippen LogP contribution in [0.15, 0.2) is 21.1 Å². The van der Waals surface area contributed by atoms with Crippen molar-refractivity contribution in [3.05, 3.63) is 32.2 Å². The summed E-state index contributed by atoms with van der Waals surface area (Å²) in [6.07, 6.45) is 0. The van der Waals surface area contributed by atoms with Crippen molar-refractivity contribution in [2.75, 3.05) is 6.61 Å². The van der Waals surface area contributed by atoms with E-state index >= 15 is 0 Å². The van der Waals surface area contributed by atoms with E-state index in [-0.39, 0.29) is 6.61 Å². The molecular weight excluding hydrogens is 340 g/mol. The molecule has 0 aliphatic heterocycles. The molecule has 0 fully saturated rings. The van der Waals surface area contributed by atoms with Gasteiger partial charge in [-0.25, -0.2) is 4.79 Å². The Bertz CT molecular complexity index is 418. The summed E-state index contributed by atoms with van der Waals surface area (Å²) in [6.45, 7) is 3.75. The number of rotatable bonds is 3. The minimum atomic E-state index is -0.829. The van der Waals surface area contributed by atoms with Gasteiger partial charge in [0.15, 0.2) is 0 Å². The molecule has 1 aromatic carbocycles. The van der Waals surface area contributed by atoms with Gasteiger partial charge < -0.3 is 4.74 Å². The van der Waals surface area contributed by atoms with Crippen LogP contribution in [0.1, 0.15) is 22.8 Å². The Kier molecular flexibility index (Phi) is 4.68. The number of carbonyl (C=O) groups excluding carboxylic acids is 2. The van der Waals surface area contributed by atoms with E-state index in [1.54, 1.807) is 19.1 Å². The van der Waals surface area contributed by atoms with E-state index in [4.69, 9.17) is 0 Å². The maximum Gasteiger partial charge on any atom is 0.379 e. The average Bonchev–Trinajstić information content (AvgIpc) is 2.24. The highest BCUT2D eigenvalue weighted by molar-refractivity contribution is 9.11. The Balaban J connectivity index is 3.06. The lowest BCUT2D eigenvalue weighted by Crippen LogP contribution is -2.17. The fourth-order valence-corrected chi connectivity index (χ4v) is 2.28. The first-order chi connectivity index (χ1) is 7.47. The van der Waals surface area contributed by atoms with Crippen LogP contribution in [-0.4, -0.2) is 18.4 Å². The molecule has 16 heavy (non-hydrogen) atoms. The fourth-order valence-electron chi connectivity index (χ4n) is 1.09. The fraction of sp³-hybridized carbons (Fsp3) is 0.273. The van der Waals surface area contributed by atoms with E-state index in [1.165, 1.54) is 0 Å². The lowest BCUT2D eigenvalue weighted by molar-refractivity contribution is -0.137. The van der Waals surface area contributed by atoms with Crippen molar-refractivity contribution in [2.45, 2.75) is 13.8 Å². The number of hydrogen-bond acceptors (Lipinski definition) is 3. The highest BCUT2D eigenvalue weighted by atomic mass is 79.9. The monoisotopic (exact) mass is 348 g/mol. The number of halogens is 2. The minimum Gasteiger partial charge on any atom is -0.460 e. The molecule has 0 unspecified atom stereocenters. The van der Waals surface area contributed by atoms with Gasteiger partial charge in [0.05, 0.1) is 6.61 Å². The zero-order chi connectivity index (χ0) is 12.3. The predicted octanol–water partition coefficient (Wildman–Crippen LogP) is 3.27. The second kappa shape index (κ2) is 5.59. The molecule has 1 aromatic rings. The topological polar surface area (TPSA) is 43.4 Å². The number of ketones is 1. The standard InChI is InChI=1S/C11H10Br2O3/c1-3-16-11(15)10(14)7-4-8(12)6(2)9(13)5-7/h4-5H,3H2,1-2H3. The van der Waals surface area contributed by atoms with Gasteiger partial charge in [-0.2, -0.15) is 0 Å². The van der Waals surface area contributed by atoms with Crippen molar-refractivity contribution in [1.29, 1.82) is 0 Å². The smallest absolute Gasteiger partial charge is 0.379 e. The Morgan fingerprint density at radius 1 is 1.25 bits per heavy atom. The van der Waals surface area contributed by atoms with E-state index in [9.17, 15) is 9.59 Å². The normalized spacial score (nSPS) is 10.0. The maximum absolute atomic E-state index is 11.6. The molecule has 0 amide bonds. The third kappa shape index (κ3) is 2.92. The first-order valence-electron chi connectivity index (χ1n) is 4.64. The van der Waals surface area contributed by atoms with Gasteiger partial charge in [0, 0.05) is 14.5 Å². The van der Waals surface area contributed by atoms with Crippen LogP contribution in [-0.2, 0) is 9.53 Å². The predicted molar refractivity (Wildman–Crippen MR) is 67.5 cm³/mol. The Morgan fingerprint density at radius 3 is 2.19 bits per heavy atom. The molecule has 0 saturated heterocycles. The summed E-state index contributed by atoms with van der Waals surface area (Å²) in [5, 5.41) is 0. The second-order valence-electron chi connectivity index (χ2n) is 3.11. The van der Waals surface area contributed by atoms with Crippen molar-refractivity contribution in [3.63, 3.8) is 0 Å². The van der Waals surface area contributed by atoms with Crippen molar-refractivity contribution in [3.8, 4) is 0 Å². The first-order valence-corrected chi connectivity index (χ1v) is 6.23. The summed E-state index contributed by atoms with van der Waals surface area (Å²) in [6, 6.07) is 3.22. The molecule has 0 aliphatic rings. The molecule has 5 heteroatoms. The molecule has 0 atom stereocenters. The number of esters is 1. The van der Waals surface area contributed by atoms with Crippen molar-refractivity contribution >= 4 is 43.6 Å². The van der Waals surface area contributed by atoms with Gasteiger partial charge in [-0.15, -0.1) is 0 Å². The van der Waals surface area contributed by atoms with Crippen molar-refractivity contribution in [2.24, 2.45) is 0 Å². The lowest BCUT2D eigenvalue weighted by Gasteiger charge is -2.05. The van der Waals surface area contributed by atoms with E-state index < -0.39 is 11.8 Å². The maximum atomic E-state index is 11.6. The Morgan fingerprint density at radius 2 is 1.75 bits per heavy atom. The quantitative estimate of drug-likeness (QED) is 0.478. The van der Waals surface area contributed by atoms with Gasteiger partial charge >= 0.3 is 5.97 Å². The molecular formula is C11H10Br2O3. The van der Waals surface area contributed by atoms with Crippen LogP contribution in [0, 0.1) is 6.92 Å². The van der Waals surface area contributed by atoms with Crippen LogP contribution < -0.4 is 0 Å². The first kappa shape index (κ1) is 13.4. The summed E-state index contributed by atoms with van der Waals surface area (Å²) >= 11 is 6.64. The van der Waals surface area contributed by atoms with Gasteiger partial charge in [0.2, 0.25) is 0 Å². The zero-order valence-electron chi connectivity index (χ0n) is 8.84. The van der Waals surface area contributed by atoms with E-state index in [0.717, 1.165) is 14.5 Å². The van der Waals surface area contributed by atoms with Crippen molar-refractivity contribution < 1.29 is 14.3 Å². The van der Waals surface area contributed by atoms with Gasteiger partial charge in [0.1, 0.15) is 0 Å².